The molecule has 0 bridgehead atoms. The van der Waals surface area contributed by atoms with Gasteiger partial charge in [-0.2, -0.15) is 0 Å². The van der Waals surface area contributed by atoms with Crippen LogP contribution in [0.2, 0.25) is 0 Å². The van der Waals surface area contributed by atoms with Gasteiger partial charge in [0.05, 0.1) is 18.4 Å². The van der Waals surface area contributed by atoms with Crippen molar-refractivity contribution in [3.8, 4) is 5.75 Å². The summed E-state index contributed by atoms with van der Waals surface area (Å²) in [6.45, 7) is 2.56. The SMILES string of the molecule is CCOCC(O)COc1cncc(C(=O)O)c1. The third-order valence-electron chi connectivity index (χ3n) is 1.92. The molecule has 0 aliphatic rings. The molecule has 0 spiro atoms. The van der Waals surface area contributed by atoms with E-state index in [1.165, 1.54) is 18.5 Å². The van der Waals surface area contributed by atoms with Gasteiger partial charge < -0.3 is 19.7 Å². The zero-order valence-corrected chi connectivity index (χ0v) is 9.50. The van der Waals surface area contributed by atoms with Crippen LogP contribution in [0.3, 0.4) is 0 Å². The second-order valence-corrected chi connectivity index (χ2v) is 3.34. The minimum Gasteiger partial charge on any atom is -0.489 e. The highest BCUT2D eigenvalue weighted by molar-refractivity contribution is 5.87. The molecule has 94 valence electrons. The van der Waals surface area contributed by atoms with Crippen molar-refractivity contribution in [1.82, 2.24) is 4.98 Å². The van der Waals surface area contributed by atoms with Gasteiger partial charge in [-0.25, -0.2) is 4.79 Å². The minimum absolute atomic E-state index is 0.0325. The monoisotopic (exact) mass is 241 g/mol. The lowest BCUT2D eigenvalue weighted by atomic mass is 10.3. The van der Waals surface area contributed by atoms with Gasteiger partial charge in [0, 0.05) is 12.8 Å². The highest BCUT2D eigenvalue weighted by Gasteiger charge is 2.08. The van der Waals surface area contributed by atoms with Gasteiger partial charge in [-0.05, 0) is 13.0 Å². The Morgan fingerprint density at radius 3 is 2.88 bits per heavy atom. The minimum atomic E-state index is -1.07. The van der Waals surface area contributed by atoms with Gasteiger partial charge in [0.15, 0.2) is 0 Å². The maximum atomic E-state index is 10.7. The zero-order chi connectivity index (χ0) is 12.7. The Morgan fingerprint density at radius 2 is 2.24 bits per heavy atom. The maximum Gasteiger partial charge on any atom is 0.337 e. The van der Waals surface area contributed by atoms with Gasteiger partial charge in [-0.3, -0.25) is 4.98 Å². The topological polar surface area (TPSA) is 88.9 Å². The molecule has 1 aromatic rings. The Bertz CT molecular complexity index is 369. The van der Waals surface area contributed by atoms with Crippen molar-refractivity contribution in [2.75, 3.05) is 19.8 Å². The van der Waals surface area contributed by atoms with E-state index in [9.17, 15) is 9.90 Å². The van der Waals surface area contributed by atoms with Gasteiger partial charge in [0.1, 0.15) is 18.5 Å². The Kier molecular flexibility index (Phi) is 5.38. The molecule has 2 N–H and O–H groups in total. The number of carboxylic acid groups (broad SMARTS) is 1. The third kappa shape index (κ3) is 4.80. The molecular weight excluding hydrogens is 226 g/mol. The van der Waals surface area contributed by atoms with Gasteiger partial charge in [-0.15, -0.1) is 0 Å². The molecule has 0 aliphatic carbocycles. The van der Waals surface area contributed by atoms with E-state index in [2.05, 4.69) is 4.98 Å². The second kappa shape index (κ2) is 6.82. The molecule has 0 fully saturated rings. The fourth-order valence-electron chi connectivity index (χ4n) is 1.11. The number of aromatic nitrogens is 1. The van der Waals surface area contributed by atoms with Crippen LogP contribution in [0, 0.1) is 0 Å². The predicted molar refractivity (Wildman–Crippen MR) is 59.2 cm³/mol. The average Bonchev–Trinajstić information content (AvgIpc) is 2.34. The highest BCUT2D eigenvalue weighted by Crippen LogP contribution is 2.11. The average molecular weight is 241 g/mol. The summed E-state index contributed by atoms with van der Waals surface area (Å²) in [6, 6.07) is 1.35. The lowest BCUT2D eigenvalue weighted by molar-refractivity contribution is 0.0163. The summed E-state index contributed by atoms with van der Waals surface area (Å²) in [7, 11) is 0. The van der Waals surface area contributed by atoms with Crippen molar-refractivity contribution in [2.45, 2.75) is 13.0 Å². The third-order valence-corrected chi connectivity index (χ3v) is 1.92. The van der Waals surface area contributed by atoms with E-state index < -0.39 is 12.1 Å². The lowest BCUT2D eigenvalue weighted by Crippen LogP contribution is -2.23. The molecule has 0 saturated carbocycles. The van der Waals surface area contributed by atoms with Crippen LogP contribution in [-0.2, 0) is 4.74 Å². The van der Waals surface area contributed by atoms with E-state index in [1.807, 2.05) is 6.92 Å². The number of nitrogens with zero attached hydrogens (tertiary/aromatic N) is 1. The number of carbonyl (C=O) groups is 1. The quantitative estimate of drug-likeness (QED) is 0.725. The molecule has 0 amide bonds. The normalized spacial score (nSPS) is 12.1. The van der Waals surface area contributed by atoms with Crippen LogP contribution < -0.4 is 4.74 Å². The van der Waals surface area contributed by atoms with Gasteiger partial charge >= 0.3 is 5.97 Å². The van der Waals surface area contributed by atoms with Crippen LogP contribution in [-0.4, -0.2) is 47.1 Å². The first-order valence-electron chi connectivity index (χ1n) is 5.20. The molecular formula is C11H15NO5. The van der Waals surface area contributed by atoms with Gasteiger partial charge in [0.25, 0.3) is 0 Å². The summed E-state index contributed by atoms with van der Waals surface area (Å²) in [5.41, 5.74) is 0.0433. The first-order chi connectivity index (χ1) is 8.13. The van der Waals surface area contributed by atoms with Crippen molar-refractivity contribution < 1.29 is 24.5 Å². The Hall–Kier alpha value is -1.66. The molecule has 0 aromatic carbocycles. The smallest absolute Gasteiger partial charge is 0.337 e. The first kappa shape index (κ1) is 13.4. The standard InChI is InChI=1S/C11H15NO5/c1-2-16-6-9(13)7-17-10-3-8(11(14)15)4-12-5-10/h3-5,9,13H,2,6-7H2,1H3,(H,14,15). The van der Waals surface area contributed by atoms with E-state index in [4.69, 9.17) is 14.6 Å². The molecule has 1 atom stereocenters. The molecule has 0 radical (unpaired) electrons. The number of hydrogen-bond donors (Lipinski definition) is 2. The van der Waals surface area contributed by atoms with Crippen LogP contribution in [0.1, 0.15) is 17.3 Å². The van der Waals surface area contributed by atoms with E-state index >= 15 is 0 Å². The van der Waals surface area contributed by atoms with Crippen LogP contribution in [0.4, 0.5) is 0 Å². The number of hydrogen-bond acceptors (Lipinski definition) is 5. The molecule has 0 saturated heterocycles. The van der Waals surface area contributed by atoms with Crippen LogP contribution in [0.25, 0.3) is 0 Å². The molecule has 1 unspecified atom stereocenters. The summed E-state index contributed by atoms with van der Waals surface area (Å²) in [5, 5.41) is 18.2. The largest absolute Gasteiger partial charge is 0.489 e. The summed E-state index contributed by atoms with van der Waals surface area (Å²) in [5.74, 6) is -0.765. The number of aliphatic hydroxyl groups is 1. The molecule has 0 aliphatic heterocycles. The second-order valence-electron chi connectivity index (χ2n) is 3.34. The summed E-state index contributed by atoms with van der Waals surface area (Å²) in [4.78, 5) is 14.4. The fourth-order valence-corrected chi connectivity index (χ4v) is 1.11. The van der Waals surface area contributed by atoms with Crippen molar-refractivity contribution in [3.05, 3.63) is 24.0 Å². The van der Waals surface area contributed by atoms with Crippen LogP contribution >= 0.6 is 0 Å². The van der Waals surface area contributed by atoms with E-state index in [-0.39, 0.29) is 18.8 Å². The molecule has 1 heterocycles. The Morgan fingerprint density at radius 1 is 1.47 bits per heavy atom. The first-order valence-corrected chi connectivity index (χ1v) is 5.20. The van der Waals surface area contributed by atoms with Gasteiger partial charge in [-0.1, -0.05) is 0 Å². The lowest BCUT2D eigenvalue weighted by Gasteiger charge is -2.12. The molecule has 17 heavy (non-hydrogen) atoms. The number of rotatable bonds is 7. The number of carboxylic acids is 1. The van der Waals surface area contributed by atoms with Gasteiger partial charge in [0.2, 0.25) is 0 Å². The van der Waals surface area contributed by atoms with Crippen molar-refractivity contribution in [2.24, 2.45) is 0 Å². The number of pyridine rings is 1. The summed E-state index contributed by atoms with van der Waals surface area (Å²) >= 11 is 0. The van der Waals surface area contributed by atoms with Crippen molar-refractivity contribution >= 4 is 5.97 Å². The number of ether oxygens (including phenoxy) is 2. The summed E-state index contributed by atoms with van der Waals surface area (Å²) < 4.78 is 10.2. The molecule has 1 aromatic heterocycles. The van der Waals surface area contributed by atoms with Crippen LogP contribution in [0.15, 0.2) is 18.5 Å². The Labute approximate surface area is 98.8 Å². The molecule has 6 nitrogen and oxygen atoms in total. The fraction of sp³-hybridized carbons (Fsp3) is 0.455. The zero-order valence-electron chi connectivity index (χ0n) is 9.50. The van der Waals surface area contributed by atoms with Crippen molar-refractivity contribution in [3.63, 3.8) is 0 Å². The number of aliphatic hydroxyl groups excluding tert-OH is 1. The molecule has 6 heteroatoms. The number of aromatic carboxylic acids is 1. The highest BCUT2D eigenvalue weighted by atomic mass is 16.5. The molecule has 1 rings (SSSR count). The maximum absolute atomic E-state index is 10.7. The van der Waals surface area contributed by atoms with E-state index in [0.29, 0.717) is 12.4 Å². The predicted octanol–water partition coefficient (Wildman–Crippen LogP) is 0.556. The van der Waals surface area contributed by atoms with E-state index in [1.54, 1.807) is 0 Å². The summed E-state index contributed by atoms with van der Waals surface area (Å²) in [6.07, 6.45) is 1.87. The Balaban J connectivity index is 2.46. The van der Waals surface area contributed by atoms with E-state index in [0.717, 1.165) is 0 Å². The van der Waals surface area contributed by atoms with Crippen LogP contribution in [0.5, 0.6) is 5.75 Å². The van der Waals surface area contributed by atoms with Crippen molar-refractivity contribution in [1.29, 1.82) is 0 Å².